The molecule has 1 amide bonds. The number of benzene rings is 1. The van der Waals surface area contributed by atoms with E-state index in [1.165, 1.54) is 15.8 Å². The van der Waals surface area contributed by atoms with Gasteiger partial charge in [-0.25, -0.2) is 4.98 Å². The van der Waals surface area contributed by atoms with Crippen LogP contribution in [-0.2, 0) is 13.5 Å². The van der Waals surface area contributed by atoms with Gasteiger partial charge in [0.15, 0.2) is 0 Å². The smallest absolute Gasteiger partial charge is 0.256 e. The average Bonchev–Trinajstić information content (AvgIpc) is 3.11. The molecule has 2 aromatic heterocycles. The van der Waals surface area contributed by atoms with Crippen LogP contribution in [0.15, 0.2) is 36.5 Å². The second-order valence-electron chi connectivity index (χ2n) is 5.36. The van der Waals surface area contributed by atoms with Crippen molar-refractivity contribution in [3.05, 3.63) is 57.1 Å². The van der Waals surface area contributed by atoms with Crippen molar-refractivity contribution in [1.29, 1.82) is 0 Å². The van der Waals surface area contributed by atoms with Crippen LogP contribution in [0.1, 0.15) is 20.2 Å². The van der Waals surface area contributed by atoms with Gasteiger partial charge in [0, 0.05) is 30.5 Å². The molecule has 0 atom stereocenters. The van der Waals surface area contributed by atoms with Gasteiger partial charge in [-0.1, -0.05) is 41.9 Å². The summed E-state index contributed by atoms with van der Waals surface area (Å²) in [5, 5.41) is 8.17. The zero-order valence-electron chi connectivity index (χ0n) is 13.4. The lowest BCUT2D eigenvalue weighted by Gasteiger charge is -2.02. The van der Waals surface area contributed by atoms with E-state index in [0.717, 1.165) is 16.3 Å². The lowest BCUT2D eigenvalue weighted by Crippen LogP contribution is -2.25. The van der Waals surface area contributed by atoms with Crippen LogP contribution in [0.2, 0.25) is 5.15 Å². The first-order valence-electron chi connectivity index (χ1n) is 7.53. The Hall–Kier alpha value is -2.18. The van der Waals surface area contributed by atoms with Gasteiger partial charge in [0.2, 0.25) is 0 Å². The minimum Gasteiger partial charge on any atom is -0.351 e. The second kappa shape index (κ2) is 7.15. The Morgan fingerprint density at radius 1 is 1.33 bits per heavy atom. The predicted molar refractivity (Wildman–Crippen MR) is 96.5 cm³/mol. The molecule has 124 valence electrons. The summed E-state index contributed by atoms with van der Waals surface area (Å²) in [6.07, 6.45) is 2.15. The van der Waals surface area contributed by atoms with Gasteiger partial charge in [0.1, 0.15) is 5.15 Å². The molecule has 3 rings (SSSR count). The molecule has 0 aliphatic carbocycles. The maximum atomic E-state index is 12.1. The number of amides is 1. The first kappa shape index (κ1) is 16.7. The summed E-state index contributed by atoms with van der Waals surface area (Å²) < 4.78 is 1.47. The molecule has 5 nitrogen and oxygen atoms in total. The SMILES string of the molecule is Cc1sc(CCNC(=O)c2cnn(C)c2Cl)nc1-c1ccccc1. The Balaban J connectivity index is 1.62. The van der Waals surface area contributed by atoms with Crippen LogP contribution in [0.5, 0.6) is 0 Å². The van der Waals surface area contributed by atoms with Crippen molar-refractivity contribution in [2.75, 3.05) is 6.54 Å². The van der Waals surface area contributed by atoms with E-state index < -0.39 is 0 Å². The third-order valence-electron chi connectivity index (χ3n) is 3.62. The minimum absolute atomic E-state index is 0.218. The number of aryl methyl sites for hydroxylation is 2. The van der Waals surface area contributed by atoms with E-state index in [9.17, 15) is 4.79 Å². The Labute approximate surface area is 149 Å². The molecule has 0 unspecified atom stereocenters. The fourth-order valence-electron chi connectivity index (χ4n) is 2.38. The molecule has 0 fully saturated rings. The number of nitrogens with one attached hydrogen (secondary N) is 1. The van der Waals surface area contributed by atoms with E-state index in [-0.39, 0.29) is 5.91 Å². The molecule has 2 heterocycles. The highest BCUT2D eigenvalue weighted by Gasteiger charge is 2.14. The van der Waals surface area contributed by atoms with Crippen molar-refractivity contribution in [2.24, 2.45) is 7.05 Å². The van der Waals surface area contributed by atoms with E-state index in [2.05, 4.69) is 29.5 Å². The van der Waals surface area contributed by atoms with E-state index in [0.29, 0.717) is 23.7 Å². The van der Waals surface area contributed by atoms with Crippen LogP contribution in [0.25, 0.3) is 11.3 Å². The van der Waals surface area contributed by atoms with Crippen molar-refractivity contribution in [1.82, 2.24) is 20.1 Å². The normalized spacial score (nSPS) is 10.8. The lowest BCUT2D eigenvalue weighted by molar-refractivity contribution is 0.0954. The van der Waals surface area contributed by atoms with Gasteiger partial charge >= 0.3 is 0 Å². The molecule has 1 N–H and O–H groups in total. The van der Waals surface area contributed by atoms with Crippen LogP contribution in [0.4, 0.5) is 0 Å². The molecule has 0 bridgehead atoms. The average molecular weight is 361 g/mol. The van der Waals surface area contributed by atoms with Gasteiger partial charge in [0.25, 0.3) is 5.91 Å². The van der Waals surface area contributed by atoms with Gasteiger partial charge in [-0.2, -0.15) is 5.10 Å². The number of carbonyl (C=O) groups excluding carboxylic acids is 1. The number of halogens is 1. The summed E-state index contributed by atoms with van der Waals surface area (Å²) in [6.45, 7) is 2.57. The number of aromatic nitrogens is 3. The second-order valence-corrected chi connectivity index (χ2v) is 7.00. The van der Waals surface area contributed by atoms with Gasteiger partial charge in [-0.3, -0.25) is 9.48 Å². The highest BCUT2D eigenvalue weighted by Crippen LogP contribution is 2.27. The van der Waals surface area contributed by atoms with Crippen molar-refractivity contribution in [2.45, 2.75) is 13.3 Å². The summed E-state index contributed by atoms with van der Waals surface area (Å²) >= 11 is 7.68. The van der Waals surface area contributed by atoms with Gasteiger partial charge in [0.05, 0.1) is 22.5 Å². The molecule has 0 aliphatic rings. The van der Waals surface area contributed by atoms with Crippen LogP contribution in [0.3, 0.4) is 0 Å². The first-order valence-corrected chi connectivity index (χ1v) is 8.73. The fraction of sp³-hybridized carbons (Fsp3) is 0.235. The molecule has 3 aromatic rings. The van der Waals surface area contributed by atoms with E-state index in [1.54, 1.807) is 18.4 Å². The maximum absolute atomic E-state index is 12.1. The largest absolute Gasteiger partial charge is 0.351 e. The molecular weight excluding hydrogens is 344 g/mol. The summed E-state index contributed by atoms with van der Waals surface area (Å²) in [5.41, 5.74) is 2.51. The van der Waals surface area contributed by atoms with Crippen molar-refractivity contribution >= 4 is 28.8 Å². The van der Waals surface area contributed by atoms with Gasteiger partial charge in [-0.05, 0) is 6.92 Å². The molecule has 1 aromatic carbocycles. The van der Waals surface area contributed by atoms with Gasteiger partial charge < -0.3 is 5.32 Å². The quantitative estimate of drug-likeness (QED) is 0.757. The molecule has 24 heavy (non-hydrogen) atoms. The Kier molecular flexibility index (Phi) is 4.97. The van der Waals surface area contributed by atoms with Crippen molar-refractivity contribution in [3.8, 4) is 11.3 Å². The van der Waals surface area contributed by atoms with E-state index in [4.69, 9.17) is 16.6 Å². The Bertz CT molecular complexity index is 857. The fourth-order valence-corrected chi connectivity index (χ4v) is 3.51. The topological polar surface area (TPSA) is 59.8 Å². The highest BCUT2D eigenvalue weighted by atomic mass is 35.5. The van der Waals surface area contributed by atoms with Gasteiger partial charge in [-0.15, -0.1) is 11.3 Å². The molecule has 0 radical (unpaired) electrons. The van der Waals surface area contributed by atoms with Crippen molar-refractivity contribution < 1.29 is 4.79 Å². The number of rotatable bonds is 5. The van der Waals surface area contributed by atoms with Crippen LogP contribution in [0, 0.1) is 6.92 Å². The molecular formula is C17H17ClN4OS. The summed E-state index contributed by atoms with van der Waals surface area (Å²) in [5.74, 6) is -0.218. The van der Waals surface area contributed by atoms with Crippen LogP contribution < -0.4 is 5.32 Å². The zero-order valence-corrected chi connectivity index (χ0v) is 15.0. The molecule has 0 aliphatic heterocycles. The Morgan fingerprint density at radius 3 is 2.75 bits per heavy atom. The first-order chi connectivity index (χ1) is 11.6. The Morgan fingerprint density at radius 2 is 2.08 bits per heavy atom. The summed E-state index contributed by atoms with van der Waals surface area (Å²) in [4.78, 5) is 18.0. The molecule has 0 saturated heterocycles. The predicted octanol–water partition coefficient (Wildman–Crippen LogP) is 3.48. The number of nitrogens with zero attached hydrogens (tertiary/aromatic N) is 3. The maximum Gasteiger partial charge on any atom is 0.256 e. The van der Waals surface area contributed by atoms with Crippen molar-refractivity contribution in [3.63, 3.8) is 0 Å². The standard InChI is InChI=1S/C17H17ClN4OS/c1-11-15(12-6-4-3-5-7-12)21-14(24-11)8-9-19-17(23)13-10-20-22(2)16(13)18/h3-7,10H,8-9H2,1-2H3,(H,19,23). The number of thiazole rings is 1. The minimum atomic E-state index is -0.218. The molecule has 0 saturated carbocycles. The highest BCUT2D eigenvalue weighted by molar-refractivity contribution is 7.12. The monoisotopic (exact) mass is 360 g/mol. The van der Waals surface area contributed by atoms with Crippen LogP contribution in [-0.4, -0.2) is 27.2 Å². The van der Waals surface area contributed by atoms with E-state index >= 15 is 0 Å². The number of hydrogen-bond acceptors (Lipinski definition) is 4. The van der Waals surface area contributed by atoms with E-state index in [1.807, 2.05) is 18.2 Å². The zero-order chi connectivity index (χ0) is 17.1. The lowest BCUT2D eigenvalue weighted by atomic mass is 10.1. The molecule has 7 heteroatoms. The van der Waals surface area contributed by atoms with Crippen LogP contribution >= 0.6 is 22.9 Å². The number of carbonyl (C=O) groups is 1. The third-order valence-corrected chi connectivity index (χ3v) is 5.10. The number of hydrogen-bond donors (Lipinski definition) is 1. The molecule has 0 spiro atoms. The summed E-state index contributed by atoms with van der Waals surface area (Å²) in [6, 6.07) is 10.1. The third kappa shape index (κ3) is 3.49. The summed E-state index contributed by atoms with van der Waals surface area (Å²) in [7, 11) is 1.70.